The lowest BCUT2D eigenvalue weighted by Gasteiger charge is -2.11. The maximum absolute atomic E-state index is 12.2. The number of hydrogen-bond acceptors (Lipinski definition) is 4. The van der Waals surface area contributed by atoms with Gasteiger partial charge < -0.3 is 5.32 Å². The summed E-state index contributed by atoms with van der Waals surface area (Å²) in [5.74, 6) is 0.108. The number of carbonyl (C=O) groups is 1. The Bertz CT molecular complexity index is 845. The van der Waals surface area contributed by atoms with Gasteiger partial charge >= 0.3 is 0 Å². The van der Waals surface area contributed by atoms with Crippen LogP contribution in [0.15, 0.2) is 33.8 Å². The van der Waals surface area contributed by atoms with E-state index < -0.39 is 0 Å². The second-order valence-electron chi connectivity index (χ2n) is 5.62. The third-order valence-electron chi connectivity index (χ3n) is 4.07. The van der Waals surface area contributed by atoms with Gasteiger partial charge in [0, 0.05) is 10.2 Å². The van der Waals surface area contributed by atoms with Gasteiger partial charge in [-0.1, -0.05) is 23.9 Å². The van der Waals surface area contributed by atoms with Crippen molar-refractivity contribution in [1.82, 2.24) is 4.98 Å². The summed E-state index contributed by atoms with van der Waals surface area (Å²) in [6.07, 6.45) is 3.04. The van der Waals surface area contributed by atoms with E-state index >= 15 is 0 Å². The molecule has 0 saturated carbocycles. The normalized spacial score (nSPS) is 12.5. The van der Waals surface area contributed by atoms with E-state index in [4.69, 9.17) is 0 Å². The van der Waals surface area contributed by atoms with Crippen LogP contribution in [0.3, 0.4) is 0 Å². The SMILES string of the molecule is Cc1c(C#N)c(SCC(=O)Nc2ccccc2Br)nc2c1CCC2. The molecule has 122 valence electrons. The summed E-state index contributed by atoms with van der Waals surface area (Å²) in [4.78, 5) is 16.8. The van der Waals surface area contributed by atoms with Crippen molar-refractivity contribution in [3.05, 3.63) is 51.1 Å². The summed E-state index contributed by atoms with van der Waals surface area (Å²) < 4.78 is 0.840. The minimum atomic E-state index is -0.115. The monoisotopic (exact) mass is 401 g/mol. The molecule has 1 N–H and O–H groups in total. The molecule has 0 unspecified atom stereocenters. The second kappa shape index (κ2) is 7.37. The van der Waals surface area contributed by atoms with Crippen molar-refractivity contribution in [2.24, 2.45) is 0 Å². The number of nitrogens with zero attached hydrogens (tertiary/aromatic N) is 2. The number of amides is 1. The van der Waals surface area contributed by atoms with Gasteiger partial charge in [0.2, 0.25) is 5.91 Å². The van der Waals surface area contributed by atoms with Crippen LogP contribution in [-0.2, 0) is 17.6 Å². The number of aryl methyl sites for hydroxylation is 1. The Labute approximate surface area is 153 Å². The zero-order chi connectivity index (χ0) is 17.1. The van der Waals surface area contributed by atoms with E-state index in [0.717, 1.165) is 40.7 Å². The number of halogens is 1. The topological polar surface area (TPSA) is 65.8 Å². The van der Waals surface area contributed by atoms with Crippen molar-refractivity contribution in [2.75, 3.05) is 11.1 Å². The van der Waals surface area contributed by atoms with Crippen molar-refractivity contribution in [3.63, 3.8) is 0 Å². The minimum absolute atomic E-state index is 0.115. The quantitative estimate of drug-likeness (QED) is 0.777. The Morgan fingerprint density at radius 3 is 2.96 bits per heavy atom. The van der Waals surface area contributed by atoms with Crippen LogP contribution in [0, 0.1) is 18.3 Å². The number of rotatable bonds is 4. The average Bonchev–Trinajstić information content (AvgIpc) is 3.04. The highest BCUT2D eigenvalue weighted by molar-refractivity contribution is 9.10. The van der Waals surface area contributed by atoms with Crippen LogP contribution < -0.4 is 5.32 Å². The van der Waals surface area contributed by atoms with Crippen molar-refractivity contribution in [2.45, 2.75) is 31.2 Å². The van der Waals surface area contributed by atoms with Gasteiger partial charge in [-0.3, -0.25) is 4.79 Å². The molecule has 0 fully saturated rings. The molecule has 0 saturated heterocycles. The maximum Gasteiger partial charge on any atom is 0.234 e. The highest BCUT2D eigenvalue weighted by Gasteiger charge is 2.21. The predicted molar refractivity (Wildman–Crippen MR) is 99.2 cm³/mol. The molecule has 2 aromatic rings. The van der Waals surface area contributed by atoms with Gasteiger partial charge in [0.05, 0.1) is 17.0 Å². The molecule has 1 aliphatic carbocycles. The zero-order valence-corrected chi connectivity index (χ0v) is 15.6. The Balaban J connectivity index is 1.73. The number of fused-ring (bicyclic) bond motifs is 1. The van der Waals surface area contributed by atoms with Crippen LogP contribution in [0.25, 0.3) is 0 Å². The van der Waals surface area contributed by atoms with Crippen molar-refractivity contribution >= 4 is 39.3 Å². The third-order valence-corrected chi connectivity index (χ3v) is 5.73. The predicted octanol–water partition coefficient (Wildman–Crippen LogP) is 4.24. The van der Waals surface area contributed by atoms with Crippen LogP contribution in [0.1, 0.15) is 28.8 Å². The highest BCUT2D eigenvalue weighted by atomic mass is 79.9. The zero-order valence-electron chi connectivity index (χ0n) is 13.2. The molecule has 1 amide bonds. The van der Waals surface area contributed by atoms with Crippen LogP contribution >= 0.6 is 27.7 Å². The molecule has 0 aliphatic heterocycles. The third kappa shape index (κ3) is 3.47. The largest absolute Gasteiger partial charge is 0.324 e. The fourth-order valence-corrected chi connectivity index (χ4v) is 4.11. The van der Waals surface area contributed by atoms with Crippen molar-refractivity contribution in [1.29, 1.82) is 5.26 Å². The lowest BCUT2D eigenvalue weighted by Crippen LogP contribution is -2.15. The average molecular weight is 402 g/mol. The number of aromatic nitrogens is 1. The number of nitrogens with one attached hydrogen (secondary N) is 1. The first kappa shape index (κ1) is 17.0. The summed E-state index contributed by atoms with van der Waals surface area (Å²) in [6.45, 7) is 1.98. The van der Waals surface area contributed by atoms with Crippen LogP contribution in [0.5, 0.6) is 0 Å². The fraction of sp³-hybridized carbons (Fsp3) is 0.278. The number of carbonyl (C=O) groups excluding carboxylic acids is 1. The molecule has 1 aromatic carbocycles. The molecule has 0 atom stereocenters. The molecule has 1 aromatic heterocycles. The summed E-state index contributed by atoms with van der Waals surface area (Å²) in [6, 6.07) is 9.73. The second-order valence-corrected chi connectivity index (χ2v) is 7.44. The molecule has 1 aliphatic rings. The first-order valence-electron chi connectivity index (χ1n) is 7.69. The molecular weight excluding hydrogens is 386 g/mol. The van der Waals surface area contributed by atoms with Gasteiger partial charge in [-0.15, -0.1) is 0 Å². The summed E-state index contributed by atoms with van der Waals surface area (Å²) >= 11 is 4.73. The smallest absolute Gasteiger partial charge is 0.234 e. The summed E-state index contributed by atoms with van der Waals surface area (Å²) in [5, 5.41) is 13.0. The van der Waals surface area contributed by atoms with Crippen LogP contribution in [-0.4, -0.2) is 16.6 Å². The molecule has 3 rings (SSSR count). The van der Waals surface area contributed by atoms with E-state index in [9.17, 15) is 10.1 Å². The van der Waals surface area contributed by atoms with Gasteiger partial charge in [-0.25, -0.2) is 4.98 Å². The molecule has 0 bridgehead atoms. The van der Waals surface area contributed by atoms with E-state index in [0.29, 0.717) is 10.6 Å². The lowest BCUT2D eigenvalue weighted by molar-refractivity contribution is -0.113. The lowest BCUT2D eigenvalue weighted by atomic mass is 10.0. The van der Waals surface area contributed by atoms with Crippen molar-refractivity contribution < 1.29 is 4.79 Å². The molecule has 0 spiro atoms. The first-order chi connectivity index (χ1) is 11.6. The van der Waals surface area contributed by atoms with Crippen molar-refractivity contribution in [3.8, 4) is 6.07 Å². The van der Waals surface area contributed by atoms with E-state index in [-0.39, 0.29) is 11.7 Å². The number of hydrogen-bond donors (Lipinski definition) is 1. The number of pyridine rings is 1. The Kier molecular flexibility index (Phi) is 5.22. The highest BCUT2D eigenvalue weighted by Crippen LogP contribution is 2.31. The maximum atomic E-state index is 12.2. The van der Waals surface area contributed by atoms with E-state index in [1.54, 1.807) is 0 Å². The van der Waals surface area contributed by atoms with E-state index in [1.807, 2.05) is 31.2 Å². The van der Waals surface area contributed by atoms with E-state index in [2.05, 4.69) is 32.3 Å². The molecule has 1 heterocycles. The fourth-order valence-electron chi connectivity index (χ4n) is 2.86. The van der Waals surface area contributed by atoms with Crippen LogP contribution in [0.2, 0.25) is 0 Å². The molecule has 24 heavy (non-hydrogen) atoms. The first-order valence-corrected chi connectivity index (χ1v) is 9.47. The Hall–Kier alpha value is -1.84. The molecule has 6 heteroatoms. The van der Waals surface area contributed by atoms with Gasteiger partial charge in [-0.05, 0) is 65.4 Å². The standard InChI is InChI=1S/C18H16BrN3OS/c1-11-12-5-4-8-15(12)22-18(13(11)9-20)24-10-17(23)21-16-7-3-2-6-14(16)19/h2-3,6-7H,4-5,8,10H2,1H3,(H,21,23). The number of anilines is 1. The van der Waals surface area contributed by atoms with E-state index in [1.165, 1.54) is 17.3 Å². The Morgan fingerprint density at radius 1 is 1.42 bits per heavy atom. The Morgan fingerprint density at radius 2 is 2.21 bits per heavy atom. The van der Waals surface area contributed by atoms with Gasteiger partial charge in [0.1, 0.15) is 11.1 Å². The summed E-state index contributed by atoms with van der Waals surface area (Å²) in [7, 11) is 0. The molecular formula is C18H16BrN3OS. The summed E-state index contributed by atoms with van der Waals surface area (Å²) in [5.41, 5.74) is 4.67. The number of para-hydroxylation sites is 1. The van der Waals surface area contributed by atoms with Gasteiger partial charge in [-0.2, -0.15) is 5.26 Å². The number of benzene rings is 1. The molecule has 4 nitrogen and oxygen atoms in total. The number of nitriles is 1. The number of thioether (sulfide) groups is 1. The van der Waals surface area contributed by atoms with Crippen LogP contribution in [0.4, 0.5) is 5.69 Å². The van der Waals surface area contributed by atoms with Gasteiger partial charge in [0.25, 0.3) is 0 Å². The molecule has 0 radical (unpaired) electrons. The minimum Gasteiger partial charge on any atom is -0.324 e. The van der Waals surface area contributed by atoms with Gasteiger partial charge in [0.15, 0.2) is 0 Å².